The minimum absolute atomic E-state index is 0.00903. The van der Waals surface area contributed by atoms with Gasteiger partial charge in [-0.3, -0.25) is 0 Å². The van der Waals surface area contributed by atoms with E-state index in [1.54, 1.807) is 17.0 Å². The molecule has 4 rings (SSSR count). The Morgan fingerprint density at radius 2 is 1.89 bits per heavy atom. The Morgan fingerprint density at radius 1 is 1.17 bits per heavy atom. The largest absolute Gasteiger partial charge is 0.417 e. The van der Waals surface area contributed by atoms with Gasteiger partial charge in [-0.15, -0.1) is 0 Å². The molecule has 2 atom stereocenters. The lowest BCUT2D eigenvalue weighted by molar-refractivity contribution is -0.137. The van der Waals surface area contributed by atoms with Gasteiger partial charge in [-0.2, -0.15) is 13.2 Å². The van der Waals surface area contributed by atoms with E-state index in [9.17, 15) is 23.1 Å². The molecule has 0 aliphatic carbocycles. The third-order valence-electron chi connectivity index (χ3n) is 5.87. The number of rotatable bonds is 6. The van der Waals surface area contributed by atoms with Crippen LogP contribution in [0.15, 0.2) is 66.9 Å². The molecule has 1 aliphatic heterocycles. The van der Waals surface area contributed by atoms with Crippen LogP contribution < -0.4 is 10.6 Å². The van der Waals surface area contributed by atoms with Gasteiger partial charge >= 0.3 is 12.2 Å². The first kappa shape index (κ1) is 24.8. The summed E-state index contributed by atoms with van der Waals surface area (Å²) in [6.45, 7) is 0.470. The number of aromatic nitrogens is 1. The van der Waals surface area contributed by atoms with Gasteiger partial charge in [-0.1, -0.05) is 54.1 Å². The van der Waals surface area contributed by atoms with Gasteiger partial charge in [0.15, 0.2) is 0 Å². The number of aliphatic hydroxyl groups excluding tert-OH is 1. The Labute approximate surface area is 205 Å². The van der Waals surface area contributed by atoms with E-state index in [4.69, 9.17) is 11.6 Å². The second kappa shape index (κ2) is 10.5. The molecule has 1 aliphatic rings. The van der Waals surface area contributed by atoms with Gasteiger partial charge in [0.25, 0.3) is 0 Å². The number of carbonyl (C=O) groups excluding carboxylic acids is 1. The van der Waals surface area contributed by atoms with Gasteiger partial charge < -0.3 is 20.6 Å². The number of para-hydroxylation sites is 1. The number of pyridine rings is 1. The standard InChI is InChI=1S/C25H24ClF3N4O2/c26-21-12-17(25(27,28)29)14-30-23(21)31-15-19(34)13-22-20-9-5-4-6-16(20)10-11-33(22)24(35)32-18-7-2-1-3-8-18/h1-9,12,14,19,22,34H,10-11,13,15H2,(H,30,31)(H,32,35)/t19-,22-/m1/s1. The summed E-state index contributed by atoms with van der Waals surface area (Å²) < 4.78 is 38.5. The molecular formula is C25H24ClF3N4O2. The Hall–Kier alpha value is -3.30. The lowest BCUT2D eigenvalue weighted by Gasteiger charge is -2.38. The van der Waals surface area contributed by atoms with Crippen LogP contribution >= 0.6 is 11.6 Å². The Bertz CT molecular complexity index is 1180. The fraction of sp³-hybridized carbons (Fsp3) is 0.280. The summed E-state index contributed by atoms with van der Waals surface area (Å²) in [7, 11) is 0. The van der Waals surface area contributed by atoms with Crippen molar-refractivity contribution in [2.45, 2.75) is 31.2 Å². The van der Waals surface area contributed by atoms with Gasteiger partial charge in [0.1, 0.15) is 5.82 Å². The molecule has 0 fully saturated rings. The average Bonchev–Trinajstić information content (AvgIpc) is 2.83. The maximum Gasteiger partial charge on any atom is 0.417 e. The Morgan fingerprint density at radius 3 is 2.60 bits per heavy atom. The quantitative estimate of drug-likeness (QED) is 0.399. The zero-order valence-corrected chi connectivity index (χ0v) is 19.4. The molecule has 3 aromatic rings. The van der Waals surface area contributed by atoms with Gasteiger partial charge in [0.05, 0.1) is 22.7 Å². The van der Waals surface area contributed by atoms with Crippen molar-refractivity contribution in [2.75, 3.05) is 23.7 Å². The number of benzene rings is 2. The molecule has 0 saturated carbocycles. The van der Waals surface area contributed by atoms with Gasteiger partial charge in [-0.05, 0) is 42.2 Å². The number of anilines is 2. The average molecular weight is 505 g/mol. The molecule has 0 bridgehead atoms. The molecule has 0 spiro atoms. The van der Waals surface area contributed by atoms with Crippen molar-refractivity contribution >= 4 is 29.1 Å². The molecule has 0 radical (unpaired) electrons. The maximum atomic E-state index is 13.1. The van der Waals surface area contributed by atoms with Crippen LogP contribution in [0.5, 0.6) is 0 Å². The number of nitrogens with one attached hydrogen (secondary N) is 2. The third-order valence-corrected chi connectivity index (χ3v) is 6.16. The van der Waals surface area contributed by atoms with Crippen molar-refractivity contribution in [2.24, 2.45) is 0 Å². The second-order valence-corrected chi connectivity index (χ2v) is 8.68. The smallest absolute Gasteiger partial charge is 0.391 e. The zero-order valence-electron chi connectivity index (χ0n) is 18.6. The zero-order chi connectivity index (χ0) is 25.0. The fourth-order valence-corrected chi connectivity index (χ4v) is 4.38. The molecule has 1 aromatic heterocycles. The minimum Gasteiger partial charge on any atom is -0.391 e. The van der Waals surface area contributed by atoms with E-state index in [1.807, 2.05) is 42.5 Å². The number of aliphatic hydroxyl groups is 1. The number of fused-ring (bicyclic) bond motifs is 1. The number of urea groups is 1. The first-order valence-electron chi connectivity index (χ1n) is 11.1. The van der Waals surface area contributed by atoms with Crippen molar-refractivity contribution in [3.05, 3.63) is 88.6 Å². The highest BCUT2D eigenvalue weighted by Gasteiger charge is 2.33. The number of nitrogens with zero attached hydrogens (tertiary/aromatic N) is 2. The van der Waals surface area contributed by atoms with Crippen molar-refractivity contribution in [3.8, 4) is 0 Å². The summed E-state index contributed by atoms with van der Waals surface area (Å²) in [5, 5.41) is 16.3. The van der Waals surface area contributed by atoms with Crippen LogP contribution in [0.2, 0.25) is 5.02 Å². The van der Waals surface area contributed by atoms with Gasteiger partial charge in [0.2, 0.25) is 0 Å². The predicted molar refractivity (Wildman–Crippen MR) is 128 cm³/mol. The topological polar surface area (TPSA) is 77.5 Å². The van der Waals surface area contributed by atoms with Crippen LogP contribution in [0, 0.1) is 0 Å². The van der Waals surface area contributed by atoms with E-state index in [2.05, 4.69) is 15.6 Å². The van der Waals surface area contributed by atoms with E-state index < -0.39 is 23.9 Å². The summed E-state index contributed by atoms with van der Waals surface area (Å²) in [6, 6.07) is 17.0. The molecule has 35 heavy (non-hydrogen) atoms. The van der Waals surface area contributed by atoms with Crippen LogP contribution in [-0.2, 0) is 12.6 Å². The first-order chi connectivity index (χ1) is 16.7. The second-order valence-electron chi connectivity index (χ2n) is 8.28. The number of alkyl halides is 3. The number of hydrogen-bond donors (Lipinski definition) is 3. The van der Waals surface area contributed by atoms with Crippen LogP contribution in [0.25, 0.3) is 0 Å². The number of halogens is 4. The van der Waals surface area contributed by atoms with Crippen LogP contribution in [0.1, 0.15) is 29.2 Å². The van der Waals surface area contributed by atoms with E-state index in [0.717, 1.165) is 17.2 Å². The van der Waals surface area contributed by atoms with Crippen LogP contribution in [0.3, 0.4) is 0 Å². The molecule has 2 amide bonds. The number of carbonyl (C=O) groups is 1. The van der Waals surface area contributed by atoms with Crippen molar-refractivity contribution in [3.63, 3.8) is 0 Å². The molecule has 3 N–H and O–H groups in total. The minimum atomic E-state index is -4.55. The molecule has 2 aromatic carbocycles. The molecular weight excluding hydrogens is 481 g/mol. The molecule has 2 heterocycles. The van der Waals surface area contributed by atoms with E-state index in [-0.39, 0.29) is 29.8 Å². The van der Waals surface area contributed by atoms with Crippen LogP contribution in [0.4, 0.5) is 29.5 Å². The lowest BCUT2D eigenvalue weighted by Crippen LogP contribution is -2.44. The van der Waals surface area contributed by atoms with Gasteiger partial charge in [0, 0.05) is 25.0 Å². The molecule has 6 nitrogen and oxygen atoms in total. The van der Waals surface area contributed by atoms with Crippen molar-refractivity contribution < 1.29 is 23.1 Å². The summed E-state index contributed by atoms with van der Waals surface area (Å²) in [5.41, 5.74) is 1.77. The summed E-state index contributed by atoms with van der Waals surface area (Å²) >= 11 is 5.95. The highest BCUT2D eigenvalue weighted by atomic mass is 35.5. The summed E-state index contributed by atoms with van der Waals surface area (Å²) in [4.78, 5) is 18.5. The normalized spacial score (nSPS) is 16.4. The number of amides is 2. The first-order valence-corrected chi connectivity index (χ1v) is 11.5. The lowest BCUT2D eigenvalue weighted by atomic mass is 9.89. The van der Waals surface area contributed by atoms with E-state index >= 15 is 0 Å². The van der Waals surface area contributed by atoms with Gasteiger partial charge in [-0.25, -0.2) is 9.78 Å². The Balaban J connectivity index is 1.47. The van der Waals surface area contributed by atoms with E-state index in [0.29, 0.717) is 24.8 Å². The molecule has 0 saturated heterocycles. The SMILES string of the molecule is O=C(Nc1ccccc1)N1CCc2ccccc2[C@H]1C[C@@H](O)CNc1ncc(C(F)(F)F)cc1Cl. The highest BCUT2D eigenvalue weighted by molar-refractivity contribution is 6.32. The molecule has 10 heteroatoms. The third kappa shape index (κ3) is 6.04. The summed E-state index contributed by atoms with van der Waals surface area (Å²) in [6.07, 6.45) is -3.89. The summed E-state index contributed by atoms with van der Waals surface area (Å²) in [5.74, 6) is 0.0430. The van der Waals surface area contributed by atoms with Crippen LogP contribution in [-0.4, -0.2) is 40.2 Å². The van der Waals surface area contributed by atoms with Crippen molar-refractivity contribution in [1.29, 1.82) is 0 Å². The number of hydrogen-bond acceptors (Lipinski definition) is 4. The molecule has 0 unspecified atom stereocenters. The maximum absolute atomic E-state index is 13.1. The fourth-order valence-electron chi connectivity index (χ4n) is 4.14. The predicted octanol–water partition coefficient (Wildman–Crippen LogP) is 5.75. The monoisotopic (exact) mass is 504 g/mol. The Kier molecular flexibility index (Phi) is 7.47. The van der Waals surface area contributed by atoms with E-state index in [1.165, 1.54) is 0 Å². The van der Waals surface area contributed by atoms with Crippen molar-refractivity contribution in [1.82, 2.24) is 9.88 Å². The highest BCUT2D eigenvalue weighted by Crippen LogP contribution is 2.35. The molecule has 184 valence electrons.